The van der Waals surface area contributed by atoms with Gasteiger partial charge in [0.05, 0.1) is 19.0 Å². The number of hydrogen-bond donors (Lipinski definition) is 2. The molecule has 0 aromatic carbocycles. The van der Waals surface area contributed by atoms with Crippen LogP contribution in [0.25, 0.3) is 0 Å². The Morgan fingerprint density at radius 1 is 1.65 bits per heavy atom. The number of aryl methyl sites for hydroxylation is 1. The standard InChI is InChI=1S/C13H15N3O3S/c1-8-11(12(18)19-2)20-13(15-8)16-14-7-9-5-3-4-6-10(9)17/h3,5,7,17H,4,6H2,1-2H3,(H,15,16)/b14-7+. The van der Waals surface area contributed by atoms with Gasteiger partial charge < -0.3 is 9.84 Å². The third-order valence-electron chi connectivity index (χ3n) is 2.71. The van der Waals surface area contributed by atoms with E-state index in [1.165, 1.54) is 24.7 Å². The molecule has 2 N–H and O–H groups in total. The molecule has 7 heteroatoms. The topological polar surface area (TPSA) is 83.8 Å². The first kappa shape index (κ1) is 14.3. The third-order valence-corrected chi connectivity index (χ3v) is 3.75. The number of carbonyl (C=O) groups is 1. The molecule has 0 saturated carbocycles. The third kappa shape index (κ3) is 3.24. The summed E-state index contributed by atoms with van der Waals surface area (Å²) in [7, 11) is 1.33. The lowest BCUT2D eigenvalue weighted by atomic mass is 10.1. The summed E-state index contributed by atoms with van der Waals surface area (Å²) < 4.78 is 4.66. The van der Waals surface area contributed by atoms with Crippen molar-refractivity contribution in [2.24, 2.45) is 5.10 Å². The fourth-order valence-electron chi connectivity index (χ4n) is 1.67. The molecule has 0 atom stereocenters. The number of allylic oxidation sites excluding steroid dienone is 4. The average molecular weight is 293 g/mol. The summed E-state index contributed by atoms with van der Waals surface area (Å²) in [5, 5.41) is 14.2. The smallest absolute Gasteiger partial charge is 0.350 e. The number of aliphatic hydroxyl groups is 1. The minimum atomic E-state index is -0.410. The molecule has 1 aliphatic rings. The SMILES string of the molecule is COC(=O)c1sc(N/N=C/C2=C(O)CCC=C2)nc1C. The van der Waals surface area contributed by atoms with Crippen molar-refractivity contribution in [2.75, 3.05) is 12.5 Å². The van der Waals surface area contributed by atoms with Crippen LogP contribution in [0.15, 0.2) is 28.6 Å². The number of nitrogens with zero attached hydrogens (tertiary/aromatic N) is 2. The zero-order valence-electron chi connectivity index (χ0n) is 11.2. The summed E-state index contributed by atoms with van der Waals surface area (Å²) in [5.41, 5.74) is 4.01. The van der Waals surface area contributed by atoms with Gasteiger partial charge in [-0.1, -0.05) is 23.5 Å². The number of hydrogen-bond acceptors (Lipinski definition) is 7. The second kappa shape index (κ2) is 6.33. The molecule has 2 rings (SSSR count). The average Bonchev–Trinajstić information content (AvgIpc) is 2.81. The van der Waals surface area contributed by atoms with Gasteiger partial charge in [-0.15, -0.1) is 0 Å². The van der Waals surface area contributed by atoms with Crippen molar-refractivity contribution in [3.8, 4) is 0 Å². The number of carbonyl (C=O) groups excluding carboxylic acids is 1. The van der Waals surface area contributed by atoms with Crippen molar-refractivity contribution in [2.45, 2.75) is 19.8 Å². The summed E-state index contributed by atoms with van der Waals surface area (Å²) in [4.78, 5) is 16.1. The Kier molecular flexibility index (Phi) is 4.52. The monoisotopic (exact) mass is 293 g/mol. The number of esters is 1. The van der Waals surface area contributed by atoms with E-state index in [-0.39, 0.29) is 0 Å². The largest absolute Gasteiger partial charge is 0.512 e. The van der Waals surface area contributed by atoms with Crippen molar-refractivity contribution >= 4 is 28.7 Å². The maximum atomic E-state index is 11.4. The number of aliphatic hydroxyl groups excluding tert-OH is 1. The molecule has 0 saturated heterocycles. The van der Waals surface area contributed by atoms with Gasteiger partial charge in [-0.05, 0) is 13.3 Å². The van der Waals surface area contributed by atoms with Crippen LogP contribution in [0.2, 0.25) is 0 Å². The van der Waals surface area contributed by atoms with Crippen LogP contribution in [0.5, 0.6) is 0 Å². The van der Waals surface area contributed by atoms with Gasteiger partial charge in [0.2, 0.25) is 5.13 Å². The fourth-order valence-corrected chi connectivity index (χ4v) is 2.51. The van der Waals surface area contributed by atoms with Gasteiger partial charge in [-0.2, -0.15) is 5.10 Å². The van der Waals surface area contributed by atoms with Crippen LogP contribution < -0.4 is 5.43 Å². The van der Waals surface area contributed by atoms with Crippen LogP contribution in [-0.2, 0) is 4.74 Å². The molecule has 0 fully saturated rings. The molecular formula is C13H15N3O3S. The van der Waals surface area contributed by atoms with Crippen molar-refractivity contribution in [3.05, 3.63) is 34.1 Å². The molecule has 1 aromatic heterocycles. The molecule has 0 bridgehead atoms. The number of methoxy groups -OCH3 is 1. The highest BCUT2D eigenvalue weighted by Gasteiger charge is 2.15. The van der Waals surface area contributed by atoms with Gasteiger partial charge in [-0.3, -0.25) is 5.43 Å². The molecule has 0 radical (unpaired) electrons. The highest BCUT2D eigenvalue weighted by molar-refractivity contribution is 7.17. The van der Waals surface area contributed by atoms with E-state index in [1.807, 2.05) is 12.2 Å². The van der Waals surface area contributed by atoms with E-state index in [0.717, 1.165) is 6.42 Å². The number of anilines is 1. The highest BCUT2D eigenvalue weighted by atomic mass is 32.1. The van der Waals surface area contributed by atoms with Crippen LogP contribution in [0.1, 0.15) is 28.2 Å². The summed E-state index contributed by atoms with van der Waals surface area (Å²) >= 11 is 1.17. The number of rotatable bonds is 4. The zero-order valence-corrected chi connectivity index (χ0v) is 12.0. The van der Waals surface area contributed by atoms with Crippen molar-refractivity contribution in [3.63, 3.8) is 0 Å². The maximum Gasteiger partial charge on any atom is 0.350 e. The first-order valence-electron chi connectivity index (χ1n) is 6.05. The van der Waals surface area contributed by atoms with Gasteiger partial charge in [0.15, 0.2) is 0 Å². The summed E-state index contributed by atoms with van der Waals surface area (Å²) in [5.74, 6) is -0.0868. The Morgan fingerprint density at radius 3 is 3.15 bits per heavy atom. The van der Waals surface area contributed by atoms with E-state index in [9.17, 15) is 9.90 Å². The number of aromatic nitrogens is 1. The van der Waals surface area contributed by atoms with E-state index < -0.39 is 5.97 Å². The Morgan fingerprint density at radius 2 is 2.45 bits per heavy atom. The number of nitrogens with one attached hydrogen (secondary N) is 1. The molecule has 1 heterocycles. The Balaban J connectivity index is 2.04. The van der Waals surface area contributed by atoms with E-state index in [2.05, 4.69) is 20.2 Å². The second-order valence-corrected chi connectivity index (χ2v) is 5.14. The number of ether oxygens (including phenoxy) is 1. The van der Waals surface area contributed by atoms with E-state index in [1.54, 1.807) is 6.92 Å². The zero-order chi connectivity index (χ0) is 14.5. The van der Waals surface area contributed by atoms with E-state index >= 15 is 0 Å². The Labute approximate surface area is 120 Å². The summed E-state index contributed by atoms with van der Waals surface area (Å²) in [6.07, 6.45) is 6.78. The quantitative estimate of drug-likeness (QED) is 0.506. The molecular weight excluding hydrogens is 278 g/mol. The van der Waals surface area contributed by atoms with Crippen LogP contribution in [0.3, 0.4) is 0 Å². The molecule has 1 aliphatic carbocycles. The highest BCUT2D eigenvalue weighted by Crippen LogP contribution is 2.23. The Bertz CT molecular complexity index is 602. The van der Waals surface area contributed by atoms with Gasteiger partial charge in [0.25, 0.3) is 0 Å². The van der Waals surface area contributed by atoms with Gasteiger partial charge >= 0.3 is 5.97 Å². The van der Waals surface area contributed by atoms with Crippen molar-refractivity contribution in [1.82, 2.24) is 4.98 Å². The number of thiazole rings is 1. The van der Waals surface area contributed by atoms with E-state index in [0.29, 0.717) is 33.5 Å². The van der Waals surface area contributed by atoms with E-state index in [4.69, 9.17) is 0 Å². The van der Waals surface area contributed by atoms with Crippen LogP contribution in [-0.4, -0.2) is 29.4 Å². The molecule has 6 nitrogen and oxygen atoms in total. The first-order valence-corrected chi connectivity index (χ1v) is 6.87. The van der Waals surface area contributed by atoms with Crippen LogP contribution in [0.4, 0.5) is 5.13 Å². The first-order chi connectivity index (χ1) is 9.61. The minimum absolute atomic E-state index is 0.323. The lowest BCUT2D eigenvalue weighted by Gasteiger charge is -2.05. The Hall–Kier alpha value is -2.15. The maximum absolute atomic E-state index is 11.4. The predicted octanol–water partition coefficient (Wildman–Crippen LogP) is 2.80. The lowest BCUT2D eigenvalue weighted by Crippen LogP contribution is -1.99. The fraction of sp³-hybridized carbons (Fsp3) is 0.308. The second-order valence-electron chi connectivity index (χ2n) is 4.14. The summed E-state index contributed by atoms with van der Waals surface area (Å²) in [6.45, 7) is 1.73. The van der Waals surface area contributed by atoms with Crippen molar-refractivity contribution in [1.29, 1.82) is 0 Å². The lowest BCUT2D eigenvalue weighted by molar-refractivity contribution is 0.0605. The summed E-state index contributed by atoms with van der Waals surface area (Å²) in [6, 6.07) is 0. The normalized spacial score (nSPS) is 14.9. The van der Waals surface area contributed by atoms with Gasteiger partial charge in [0, 0.05) is 12.0 Å². The minimum Gasteiger partial charge on any atom is -0.512 e. The van der Waals surface area contributed by atoms with Crippen LogP contribution in [0, 0.1) is 6.92 Å². The predicted molar refractivity (Wildman–Crippen MR) is 78.3 cm³/mol. The van der Waals surface area contributed by atoms with Gasteiger partial charge in [-0.25, -0.2) is 9.78 Å². The molecule has 0 amide bonds. The molecule has 1 aromatic rings. The molecule has 0 spiro atoms. The number of hydrazone groups is 1. The molecule has 106 valence electrons. The van der Waals surface area contributed by atoms with Crippen molar-refractivity contribution < 1.29 is 14.6 Å². The molecule has 0 unspecified atom stereocenters. The molecule has 0 aliphatic heterocycles. The van der Waals surface area contributed by atoms with Gasteiger partial charge in [0.1, 0.15) is 10.6 Å². The van der Waals surface area contributed by atoms with Crippen LogP contribution >= 0.6 is 11.3 Å². The molecule has 20 heavy (non-hydrogen) atoms.